The standard InChI is InChI=1S/C25H14BrClS/c26-22-14-15(27)13-21-24(22)28-23-12-6-5-11-20(23)25(21)18-9-3-1-7-16(18)17-8-2-4-10-19(17)25/h1-14H. The van der Waals surface area contributed by atoms with Gasteiger partial charge in [0.15, 0.2) is 0 Å². The van der Waals surface area contributed by atoms with Crippen LogP contribution in [0.15, 0.2) is 99.2 Å². The second kappa shape index (κ2) is 6.00. The van der Waals surface area contributed by atoms with Crippen molar-refractivity contribution in [2.24, 2.45) is 0 Å². The first-order valence-corrected chi connectivity index (χ1v) is 11.2. The fourth-order valence-electron chi connectivity index (χ4n) is 4.88. The molecule has 0 amide bonds. The van der Waals surface area contributed by atoms with Crippen molar-refractivity contribution < 1.29 is 0 Å². The Morgan fingerprint density at radius 2 is 1.25 bits per heavy atom. The number of halogens is 2. The van der Waals surface area contributed by atoms with E-state index >= 15 is 0 Å². The Balaban J connectivity index is 1.87. The number of fused-ring (bicyclic) bond motifs is 9. The van der Waals surface area contributed by atoms with Crippen molar-refractivity contribution in [3.63, 3.8) is 0 Å². The molecule has 4 aromatic rings. The van der Waals surface area contributed by atoms with Crippen LogP contribution in [0.25, 0.3) is 11.1 Å². The molecule has 3 heteroatoms. The molecular formula is C25H14BrClS. The van der Waals surface area contributed by atoms with Crippen molar-refractivity contribution in [3.8, 4) is 11.1 Å². The SMILES string of the molecule is Clc1cc(Br)c2c(c1)C1(c3ccccc3S2)c2ccccc2-c2ccccc21. The third kappa shape index (κ3) is 2.03. The van der Waals surface area contributed by atoms with Crippen LogP contribution in [0.3, 0.4) is 0 Å². The molecule has 6 rings (SSSR count). The summed E-state index contributed by atoms with van der Waals surface area (Å²) in [5.74, 6) is 0. The van der Waals surface area contributed by atoms with E-state index in [-0.39, 0.29) is 5.41 Å². The third-order valence-corrected chi connectivity index (χ3v) is 8.19. The summed E-state index contributed by atoms with van der Waals surface area (Å²) < 4.78 is 1.05. The van der Waals surface area contributed by atoms with Gasteiger partial charge in [0.2, 0.25) is 0 Å². The van der Waals surface area contributed by atoms with E-state index in [9.17, 15) is 0 Å². The Labute approximate surface area is 181 Å². The van der Waals surface area contributed by atoms with Gasteiger partial charge < -0.3 is 0 Å². The van der Waals surface area contributed by atoms with Crippen LogP contribution in [-0.4, -0.2) is 0 Å². The van der Waals surface area contributed by atoms with Gasteiger partial charge in [-0.3, -0.25) is 0 Å². The molecule has 1 spiro atoms. The minimum atomic E-state index is -0.349. The van der Waals surface area contributed by atoms with Crippen LogP contribution < -0.4 is 0 Å². The molecule has 134 valence electrons. The summed E-state index contributed by atoms with van der Waals surface area (Å²) in [6.07, 6.45) is 0. The summed E-state index contributed by atoms with van der Waals surface area (Å²) in [7, 11) is 0. The van der Waals surface area contributed by atoms with Crippen molar-refractivity contribution in [3.05, 3.63) is 117 Å². The van der Waals surface area contributed by atoms with Gasteiger partial charge in [0.25, 0.3) is 0 Å². The Kier molecular flexibility index (Phi) is 3.62. The van der Waals surface area contributed by atoms with Crippen molar-refractivity contribution in [1.82, 2.24) is 0 Å². The van der Waals surface area contributed by atoms with Crippen LogP contribution in [0.4, 0.5) is 0 Å². The zero-order valence-electron chi connectivity index (χ0n) is 14.7. The van der Waals surface area contributed by atoms with Gasteiger partial charge in [-0.1, -0.05) is 90.1 Å². The average molecular weight is 462 g/mol. The maximum Gasteiger partial charge on any atom is 0.0736 e. The lowest BCUT2D eigenvalue weighted by Gasteiger charge is -2.40. The lowest BCUT2D eigenvalue weighted by molar-refractivity contribution is 0.720. The molecule has 0 saturated carbocycles. The largest absolute Gasteiger partial charge is 0.0882 e. The van der Waals surface area contributed by atoms with Crippen LogP contribution in [0.5, 0.6) is 0 Å². The van der Waals surface area contributed by atoms with E-state index in [0.29, 0.717) is 0 Å². The molecule has 1 heterocycles. The Bertz CT molecular complexity index is 1230. The first kappa shape index (κ1) is 16.9. The van der Waals surface area contributed by atoms with E-state index < -0.39 is 0 Å². The smallest absolute Gasteiger partial charge is 0.0736 e. The number of hydrogen-bond donors (Lipinski definition) is 0. The van der Waals surface area contributed by atoms with E-state index in [1.54, 1.807) is 0 Å². The van der Waals surface area contributed by atoms with Gasteiger partial charge in [0.05, 0.1) is 5.41 Å². The molecule has 0 aromatic heterocycles. The molecule has 28 heavy (non-hydrogen) atoms. The molecule has 0 bridgehead atoms. The molecule has 0 unspecified atom stereocenters. The summed E-state index contributed by atoms with van der Waals surface area (Å²) in [5.41, 5.74) is 7.52. The lowest BCUT2D eigenvalue weighted by Crippen LogP contribution is -2.32. The summed E-state index contributed by atoms with van der Waals surface area (Å²) in [4.78, 5) is 2.54. The van der Waals surface area contributed by atoms with Crippen molar-refractivity contribution in [1.29, 1.82) is 0 Å². The summed E-state index contributed by atoms with van der Waals surface area (Å²) in [6, 6.07) is 30.5. The first-order chi connectivity index (χ1) is 13.7. The Hall–Kier alpha value is -2.00. The van der Waals surface area contributed by atoms with Gasteiger partial charge >= 0.3 is 0 Å². The predicted molar refractivity (Wildman–Crippen MR) is 121 cm³/mol. The van der Waals surface area contributed by atoms with Crippen LogP contribution in [-0.2, 0) is 5.41 Å². The molecule has 0 nitrogen and oxygen atoms in total. The molecule has 0 atom stereocenters. The van der Waals surface area contributed by atoms with E-state index in [2.05, 4.69) is 94.8 Å². The van der Waals surface area contributed by atoms with Gasteiger partial charge in [0, 0.05) is 19.3 Å². The average Bonchev–Trinajstić information content (AvgIpc) is 3.01. The predicted octanol–water partition coefficient (Wildman–Crippen LogP) is 7.93. The van der Waals surface area contributed by atoms with E-state index in [1.807, 2.05) is 17.8 Å². The Morgan fingerprint density at radius 3 is 1.93 bits per heavy atom. The van der Waals surface area contributed by atoms with Crippen LogP contribution in [0.2, 0.25) is 5.02 Å². The topological polar surface area (TPSA) is 0 Å². The second-order valence-corrected chi connectivity index (χ2v) is 9.55. The highest BCUT2D eigenvalue weighted by Gasteiger charge is 2.50. The van der Waals surface area contributed by atoms with E-state index in [0.717, 1.165) is 9.50 Å². The molecule has 1 aliphatic heterocycles. The maximum absolute atomic E-state index is 6.59. The molecule has 2 aliphatic rings. The number of rotatable bonds is 0. The molecule has 0 N–H and O–H groups in total. The van der Waals surface area contributed by atoms with Crippen molar-refractivity contribution in [2.75, 3.05) is 0 Å². The van der Waals surface area contributed by atoms with Crippen molar-refractivity contribution >= 4 is 39.3 Å². The summed E-state index contributed by atoms with van der Waals surface area (Å²) in [5, 5.41) is 0.756. The highest BCUT2D eigenvalue weighted by atomic mass is 79.9. The van der Waals surface area contributed by atoms with Gasteiger partial charge in [-0.05, 0) is 67.5 Å². The quantitative estimate of drug-likeness (QED) is 0.221. The van der Waals surface area contributed by atoms with E-state index in [4.69, 9.17) is 11.6 Å². The monoisotopic (exact) mass is 460 g/mol. The summed E-state index contributed by atoms with van der Waals surface area (Å²) in [6.45, 7) is 0. The minimum Gasteiger partial charge on any atom is -0.0882 e. The fourth-order valence-corrected chi connectivity index (χ4v) is 7.11. The van der Waals surface area contributed by atoms with Gasteiger partial charge in [-0.25, -0.2) is 0 Å². The highest BCUT2D eigenvalue weighted by molar-refractivity contribution is 9.10. The third-order valence-electron chi connectivity index (χ3n) is 5.87. The Morgan fingerprint density at radius 1 is 0.679 bits per heavy atom. The van der Waals surface area contributed by atoms with Gasteiger partial charge in [-0.15, -0.1) is 0 Å². The lowest BCUT2D eigenvalue weighted by atomic mass is 9.67. The maximum atomic E-state index is 6.59. The molecule has 0 saturated heterocycles. The summed E-state index contributed by atoms with van der Waals surface area (Å²) >= 11 is 12.2. The van der Waals surface area contributed by atoms with Crippen LogP contribution >= 0.6 is 39.3 Å². The normalized spacial score (nSPS) is 14.9. The molecule has 0 fully saturated rings. The van der Waals surface area contributed by atoms with Gasteiger partial charge in [0.1, 0.15) is 0 Å². The van der Waals surface area contributed by atoms with Gasteiger partial charge in [-0.2, -0.15) is 0 Å². The zero-order valence-corrected chi connectivity index (χ0v) is 17.9. The zero-order chi connectivity index (χ0) is 18.9. The molecular weight excluding hydrogens is 448 g/mol. The minimum absolute atomic E-state index is 0.349. The molecule has 4 aromatic carbocycles. The van der Waals surface area contributed by atoms with Crippen molar-refractivity contribution in [2.45, 2.75) is 15.2 Å². The number of benzene rings is 4. The molecule has 0 radical (unpaired) electrons. The number of hydrogen-bond acceptors (Lipinski definition) is 1. The highest BCUT2D eigenvalue weighted by Crippen LogP contribution is 2.63. The first-order valence-electron chi connectivity index (χ1n) is 9.17. The fraction of sp³-hybridized carbons (Fsp3) is 0.0400. The van der Waals surface area contributed by atoms with Crippen LogP contribution in [0, 0.1) is 0 Å². The second-order valence-electron chi connectivity index (χ2n) is 7.20. The van der Waals surface area contributed by atoms with E-state index in [1.165, 1.54) is 43.2 Å². The van der Waals surface area contributed by atoms with Crippen LogP contribution in [0.1, 0.15) is 22.3 Å². The molecule has 1 aliphatic carbocycles.